The van der Waals surface area contributed by atoms with Crippen LogP contribution in [0.2, 0.25) is 0 Å². The molecule has 2 heterocycles. The monoisotopic (exact) mass is 406 g/mol. The first-order valence-corrected chi connectivity index (χ1v) is 9.80. The number of halogens is 2. The minimum Gasteiger partial charge on any atom is -0.371 e. The summed E-state index contributed by atoms with van der Waals surface area (Å²) in [7, 11) is 0. The number of carbonyl (C=O) groups excluding carboxylic acids is 1. The van der Waals surface area contributed by atoms with Crippen LogP contribution >= 0.6 is 0 Å². The van der Waals surface area contributed by atoms with Gasteiger partial charge in [-0.15, -0.1) is 0 Å². The molecule has 3 aromatic rings. The number of nitriles is 1. The molecule has 0 saturated carbocycles. The highest BCUT2D eigenvalue weighted by molar-refractivity contribution is 5.76. The van der Waals surface area contributed by atoms with Gasteiger partial charge in [0.15, 0.2) is 12.1 Å². The molecule has 1 fully saturated rings. The van der Waals surface area contributed by atoms with Gasteiger partial charge in [-0.25, -0.2) is 13.5 Å². The summed E-state index contributed by atoms with van der Waals surface area (Å²) in [6.07, 6.45) is 2.69. The summed E-state index contributed by atoms with van der Waals surface area (Å²) in [6, 6.07) is 12.2. The summed E-state index contributed by atoms with van der Waals surface area (Å²) in [5.41, 5.74) is 1.73. The molecule has 0 bridgehead atoms. The maximum absolute atomic E-state index is 15.1. The highest BCUT2D eigenvalue weighted by Gasteiger charge is 2.20. The van der Waals surface area contributed by atoms with E-state index in [-0.39, 0.29) is 16.9 Å². The fourth-order valence-corrected chi connectivity index (χ4v) is 3.74. The summed E-state index contributed by atoms with van der Waals surface area (Å²) in [4.78, 5) is 13.4. The summed E-state index contributed by atoms with van der Waals surface area (Å²) in [5, 5.41) is 13.1. The maximum atomic E-state index is 15.1. The molecule has 4 rings (SSSR count). The normalized spacial score (nSPS) is 14.5. The molecule has 5 nitrogen and oxygen atoms in total. The molecule has 30 heavy (non-hydrogen) atoms. The Labute approximate surface area is 173 Å². The second-order valence-corrected chi connectivity index (χ2v) is 7.60. The van der Waals surface area contributed by atoms with E-state index in [9.17, 15) is 9.18 Å². The standard InChI is InChI=1S/C23H20F2N4O/c1-15-6-8-28(9-7-15)19-4-5-22(21(25)12-19)29-23(11-18(14-30)27-29)16-2-3-17(13-26)20(24)10-16/h2-5,10-12,14-15H,6-9H2,1H3. The number of hydrogen-bond acceptors (Lipinski definition) is 4. The first-order chi connectivity index (χ1) is 14.5. The molecule has 1 aliphatic rings. The van der Waals surface area contributed by atoms with Crippen molar-refractivity contribution in [2.24, 2.45) is 5.92 Å². The molecule has 0 amide bonds. The lowest BCUT2D eigenvalue weighted by molar-refractivity contribution is 0.111. The first-order valence-electron chi connectivity index (χ1n) is 9.80. The lowest BCUT2D eigenvalue weighted by atomic mass is 9.99. The van der Waals surface area contributed by atoms with Crippen LogP contribution in [-0.4, -0.2) is 29.2 Å². The number of aldehydes is 1. The number of nitrogens with zero attached hydrogens (tertiary/aromatic N) is 4. The Morgan fingerprint density at radius 3 is 2.50 bits per heavy atom. The van der Waals surface area contributed by atoms with E-state index in [1.165, 1.54) is 28.9 Å². The number of aromatic nitrogens is 2. The van der Waals surface area contributed by atoms with E-state index in [0.29, 0.717) is 23.5 Å². The van der Waals surface area contributed by atoms with Gasteiger partial charge < -0.3 is 4.90 Å². The SMILES string of the molecule is CC1CCN(c2ccc(-n3nc(C=O)cc3-c3ccc(C#N)c(F)c3)c(F)c2)CC1. The molecular formula is C23H20F2N4O. The van der Waals surface area contributed by atoms with Crippen LogP contribution in [0.4, 0.5) is 14.5 Å². The van der Waals surface area contributed by atoms with Gasteiger partial charge in [0, 0.05) is 24.3 Å². The fourth-order valence-electron chi connectivity index (χ4n) is 3.74. The van der Waals surface area contributed by atoms with Gasteiger partial charge in [0.2, 0.25) is 0 Å². The van der Waals surface area contributed by atoms with Crippen LogP contribution in [0.25, 0.3) is 16.9 Å². The molecule has 0 N–H and O–H groups in total. The van der Waals surface area contributed by atoms with E-state index in [1.807, 2.05) is 6.07 Å². The molecule has 1 aliphatic heterocycles. The summed E-state index contributed by atoms with van der Waals surface area (Å²) in [6.45, 7) is 3.98. The molecule has 1 aromatic heterocycles. The average Bonchev–Trinajstić information content (AvgIpc) is 3.18. The molecule has 7 heteroatoms. The molecule has 0 atom stereocenters. The van der Waals surface area contributed by atoms with Gasteiger partial charge in [-0.2, -0.15) is 10.4 Å². The minimum atomic E-state index is -0.689. The predicted molar refractivity (Wildman–Crippen MR) is 110 cm³/mol. The first kappa shape index (κ1) is 19.8. The third-order valence-corrected chi connectivity index (χ3v) is 5.54. The Morgan fingerprint density at radius 2 is 1.87 bits per heavy atom. The van der Waals surface area contributed by atoms with E-state index in [1.54, 1.807) is 18.2 Å². The zero-order valence-corrected chi connectivity index (χ0v) is 16.5. The van der Waals surface area contributed by atoms with Crippen molar-refractivity contribution in [3.05, 3.63) is 65.4 Å². The quantitative estimate of drug-likeness (QED) is 0.587. The molecule has 0 unspecified atom stereocenters. The van der Waals surface area contributed by atoms with Crippen LogP contribution in [0.3, 0.4) is 0 Å². The van der Waals surface area contributed by atoms with Crippen molar-refractivity contribution >= 4 is 12.0 Å². The highest BCUT2D eigenvalue weighted by atomic mass is 19.1. The summed E-state index contributed by atoms with van der Waals surface area (Å²) in [5.74, 6) is -0.501. The zero-order chi connectivity index (χ0) is 21.3. The van der Waals surface area contributed by atoms with Gasteiger partial charge in [-0.3, -0.25) is 4.79 Å². The Bertz CT molecular complexity index is 1140. The van der Waals surface area contributed by atoms with Crippen LogP contribution < -0.4 is 4.90 Å². The van der Waals surface area contributed by atoms with Crippen LogP contribution in [0.1, 0.15) is 35.8 Å². The number of carbonyl (C=O) groups is 1. The molecule has 0 aliphatic carbocycles. The van der Waals surface area contributed by atoms with Gasteiger partial charge in [0.1, 0.15) is 23.3 Å². The number of anilines is 1. The van der Waals surface area contributed by atoms with Crippen molar-refractivity contribution in [1.29, 1.82) is 5.26 Å². The maximum Gasteiger partial charge on any atom is 0.170 e. The average molecular weight is 406 g/mol. The van der Waals surface area contributed by atoms with Crippen molar-refractivity contribution in [2.45, 2.75) is 19.8 Å². The number of hydrogen-bond donors (Lipinski definition) is 0. The highest BCUT2D eigenvalue weighted by Crippen LogP contribution is 2.30. The summed E-state index contributed by atoms with van der Waals surface area (Å²) >= 11 is 0. The Morgan fingerprint density at radius 1 is 1.10 bits per heavy atom. The number of benzene rings is 2. The van der Waals surface area contributed by atoms with E-state index in [4.69, 9.17) is 5.26 Å². The minimum absolute atomic E-state index is 0.0909. The Hall–Kier alpha value is -3.53. The largest absolute Gasteiger partial charge is 0.371 e. The molecule has 2 aromatic carbocycles. The van der Waals surface area contributed by atoms with E-state index in [2.05, 4.69) is 16.9 Å². The van der Waals surface area contributed by atoms with Crippen molar-refractivity contribution in [2.75, 3.05) is 18.0 Å². The van der Waals surface area contributed by atoms with Crippen LogP contribution in [0.15, 0.2) is 42.5 Å². The predicted octanol–water partition coefficient (Wildman–Crippen LogP) is 4.74. The van der Waals surface area contributed by atoms with Crippen molar-refractivity contribution in [3.8, 4) is 23.0 Å². The zero-order valence-electron chi connectivity index (χ0n) is 16.5. The third-order valence-electron chi connectivity index (χ3n) is 5.54. The van der Waals surface area contributed by atoms with Crippen LogP contribution in [0, 0.1) is 28.9 Å². The van der Waals surface area contributed by atoms with Gasteiger partial charge in [0.05, 0.1) is 11.3 Å². The summed E-state index contributed by atoms with van der Waals surface area (Å²) < 4.78 is 30.5. The molecule has 0 spiro atoms. The number of rotatable bonds is 4. The van der Waals surface area contributed by atoms with Gasteiger partial charge in [0.25, 0.3) is 0 Å². The van der Waals surface area contributed by atoms with E-state index < -0.39 is 11.6 Å². The second-order valence-electron chi connectivity index (χ2n) is 7.60. The van der Waals surface area contributed by atoms with Crippen LogP contribution in [0.5, 0.6) is 0 Å². The van der Waals surface area contributed by atoms with Gasteiger partial charge >= 0.3 is 0 Å². The Kier molecular flexibility index (Phi) is 5.32. The van der Waals surface area contributed by atoms with E-state index in [0.717, 1.165) is 31.6 Å². The number of piperidine rings is 1. The molecular weight excluding hydrogens is 386 g/mol. The fraction of sp³-hybridized carbons (Fsp3) is 0.261. The van der Waals surface area contributed by atoms with E-state index >= 15 is 4.39 Å². The van der Waals surface area contributed by atoms with Gasteiger partial charge in [-0.05, 0) is 55.2 Å². The third kappa shape index (κ3) is 3.69. The second kappa shape index (κ2) is 8.07. The van der Waals surface area contributed by atoms with Crippen molar-refractivity contribution in [1.82, 2.24) is 9.78 Å². The van der Waals surface area contributed by atoms with Crippen molar-refractivity contribution < 1.29 is 13.6 Å². The molecule has 0 radical (unpaired) electrons. The van der Waals surface area contributed by atoms with Crippen LogP contribution in [-0.2, 0) is 0 Å². The van der Waals surface area contributed by atoms with Crippen molar-refractivity contribution in [3.63, 3.8) is 0 Å². The van der Waals surface area contributed by atoms with Gasteiger partial charge in [-0.1, -0.05) is 13.0 Å². The molecule has 1 saturated heterocycles. The topological polar surface area (TPSA) is 61.9 Å². The lowest BCUT2D eigenvalue weighted by Gasteiger charge is -2.32. The smallest absolute Gasteiger partial charge is 0.170 e. The lowest BCUT2D eigenvalue weighted by Crippen LogP contribution is -2.32. The molecule has 152 valence electrons. The Balaban J connectivity index is 1.74.